The Labute approximate surface area is 112 Å². The van der Waals surface area contributed by atoms with Gasteiger partial charge in [-0.15, -0.1) is 0 Å². The smallest absolute Gasteiger partial charge is 0.253 e. The van der Waals surface area contributed by atoms with Crippen LogP contribution in [0, 0.1) is 0 Å². The Bertz CT molecular complexity index is 615. The van der Waals surface area contributed by atoms with Crippen LogP contribution in [-0.4, -0.2) is 39.6 Å². The van der Waals surface area contributed by atoms with Gasteiger partial charge in [0.2, 0.25) is 0 Å². The van der Waals surface area contributed by atoms with E-state index in [0.717, 1.165) is 30.3 Å². The Balaban J connectivity index is 1.86. The number of nitrogens with one attached hydrogen (secondary N) is 1. The molecule has 2 heterocycles. The molecule has 1 aromatic heterocycles. The number of nitrogens with zero attached hydrogens (tertiary/aromatic N) is 1. The van der Waals surface area contributed by atoms with Gasteiger partial charge < -0.3 is 15.0 Å². The van der Waals surface area contributed by atoms with Crippen molar-refractivity contribution in [1.82, 2.24) is 9.88 Å². The number of hydrogen-bond donors (Lipinski definition) is 2. The van der Waals surface area contributed by atoms with Gasteiger partial charge in [-0.05, 0) is 44.0 Å². The van der Waals surface area contributed by atoms with Crippen LogP contribution in [0.5, 0.6) is 0 Å². The van der Waals surface area contributed by atoms with Crippen molar-refractivity contribution < 1.29 is 9.90 Å². The predicted molar refractivity (Wildman–Crippen MR) is 74.1 cm³/mol. The summed E-state index contributed by atoms with van der Waals surface area (Å²) in [6.45, 7) is 2.93. The third-order valence-electron chi connectivity index (χ3n) is 3.76. The minimum Gasteiger partial charge on any atom is -0.388 e. The Kier molecular flexibility index (Phi) is 2.82. The molecule has 1 aromatic carbocycles. The van der Waals surface area contributed by atoms with Crippen LogP contribution in [0.25, 0.3) is 10.9 Å². The van der Waals surface area contributed by atoms with E-state index in [0.29, 0.717) is 12.1 Å². The zero-order valence-electron chi connectivity index (χ0n) is 11.0. The number of H-pyrrole nitrogens is 1. The van der Waals surface area contributed by atoms with E-state index in [4.69, 9.17) is 0 Å². The van der Waals surface area contributed by atoms with Crippen molar-refractivity contribution in [2.45, 2.75) is 25.4 Å². The Hall–Kier alpha value is -1.81. The number of rotatable bonds is 1. The fourth-order valence-corrected chi connectivity index (χ4v) is 2.76. The summed E-state index contributed by atoms with van der Waals surface area (Å²) in [6, 6.07) is 7.62. The number of amides is 1. The first kappa shape index (κ1) is 12.2. The van der Waals surface area contributed by atoms with E-state index < -0.39 is 5.60 Å². The van der Waals surface area contributed by atoms with E-state index in [2.05, 4.69) is 4.98 Å². The number of β-amino-alcohol motifs (C(OH)–C–C–N with tert-alkyl or cyclic N) is 1. The number of aliphatic hydroxyl groups is 1. The normalized spacial score (nSPS) is 23.8. The van der Waals surface area contributed by atoms with E-state index in [1.165, 1.54) is 0 Å². The number of carbonyl (C=O) groups excluding carboxylic acids is 1. The van der Waals surface area contributed by atoms with E-state index in [1.54, 1.807) is 11.8 Å². The van der Waals surface area contributed by atoms with Gasteiger partial charge in [0.05, 0.1) is 5.60 Å². The van der Waals surface area contributed by atoms with Crippen LogP contribution in [0.1, 0.15) is 30.1 Å². The Morgan fingerprint density at radius 1 is 1.42 bits per heavy atom. The summed E-state index contributed by atoms with van der Waals surface area (Å²) >= 11 is 0. The van der Waals surface area contributed by atoms with Gasteiger partial charge >= 0.3 is 0 Å². The molecule has 1 atom stereocenters. The molecule has 1 amide bonds. The molecule has 19 heavy (non-hydrogen) atoms. The minimum atomic E-state index is -0.758. The lowest BCUT2D eigenvalue weighted by atomic mass is 9.94. The molecule has 0 spiro atoms. The van der Waals surface area contributed by atoms with Gasteiger partial charge in [-0.1, -0.05) is 0 Å². The molecule has 1 aliphatic heterocycles. The van der Waals surface area contributed by atoms with Gasteiger partial charge in [0, 0.05) is 35.8 Å². The molecule has 100 valence electrons. The fraction of sp³-hybridized carbons (Fsp3) is 0.400. The second-order valence-electron chi connectivity index (χ2n) is 5.61. The van der Waals surface area contributed by atoms with Crippen molar-refractivity contribution in [3.05, 3.63) is 36.0 Å². The highest BCUT2D eigenvalue weighted by molar-refractivity contribution is 5.98. The third-order valence-corrected chi connectivity index (χ3v) is 3.76. The first-order chi connectivity index (χ1) is 9.05. The van der Waals surface area contributed by atoms with Crippen LogP contribution in [0.3, 0.4) is 0 Å². The number of piperidine rings is 1. The van der Waals surface area contributed by atoms with Crippen LogP contribution in [0.15, 0.2) is 30.5 Å². The monoisotopic (exact) mass is 258 g/mol. The summed E-state index contributed by atoms with van der Waals surface area (Å²) in [5.74, 6) is 0.00285. The highest BCUT2D eigenvalue weighted by Crippen LogP contribution is 2.23. The van der Waals surface area contributed by atoms with E-state index in [1.807, 2.05) is 30.5 Å². The summed E-state index contributed by atoms with van der Waals surface area (Å²) in [6.07, 6.45) is 3.48. The predicted octanol–water partition coefficient (Wildman–Crippen LogP) is 2.15. The number of aromatic amines is 1. The minimum absolute atomic E-state index is 0.00285. The molecule has 3 rings (SSSR count). The summed E-state index contributed by atoms with van der Waals surface area (Å²) in [4.78, 5) is 17.3. The van der Waals surface area contributed by atoms with Crippen LogP contribution in [0.2, 0.25) is 0 Å². The number of benzene rings is 1. The second kappa shape index (κ2) is 4.38. The van der Waals surface area contributed by atoms with Crippen molar-refractivity contribution in [2.24, 2.45) is 0 Å². The van der Waals surface area contributed by atoms with E-state index in [-0.39, 0.29) is 5.91 Å². The topological polar surface area (TPSA) is 56.3 Å². The van der Waals surface area contributed by atoms with E-state index in [9.17, 15) is 9.90 Å². The number of carbonyl (C=O) groups is 1. The van der Waals surface area contributed by atoms with Gasteiger partial charge in [0.25, 0.3) is 5.91 Å². The SMILES string of the molecule is CC1(O)CCCN(C(=O)c2ccc3[nH]ccc3c2)C1. The lowest BCUT2D eigenvalue weighted by Crippen LogP contribution is -2.48. The highest BCUT2D eigenvalue weighted by Gasteiger charge is 2.31. The fourth-order valence-electron chi connectivity index (χ4n) is 2.76. The number of likely N-dealkylation sites (tertiary alicyclic amines) is 1. The van der Waals surface area contributed by atoms with E-state index >= 15 is 0 Å². The standard InChI is InChI=1S/C15H18N2O2/c1-15(19)6-2-8-17(10-15)14(18)12-3-4-13-11(9-12)5-7-16-13/h3-5,7,9,16,19H,2,6,8,10H2,1H3. The first-order valence-corrected chi connectivity index (χ1v) is 6.64. The lowest BCUT2D eigenvalue weighted by molar-refractivity contribution is -0.0107. The summed E-state index contributed by atoms with van der Waals surface area (Å²) < 4.78 is 0. The number of hydrogen-bond acceptors (Lipinski definition) is 2. The van der Waals surface area contributed by atoms with Crippen LogP contribution in [0.4, 0.5) is 0 Å². The lowest BCUT2D eigenvalue weighted by Gasteiger charge is -2.36. The summed E-state index contributed by atoms with van der Waals surface area (Å²) in [7, 11) is 0. The van der Waals surface area contributed by atoms with Crippen molar-refractivity contribution >= 4 is 16.8 Å². The molecule has 2 N–H and O–H groups in total. The molecular formula is C15H18N2O2. The molecule has 1 unspecified atom stereocenters. The van der Waals surface area contributed by atoms with Crippen molar-refractivity contribution in [3.8, 4) is 0 Å². The van der Waals surface area contributed by atoms with Crippen LogP contribution < -0.4 is 0 Å². The average molecular weight is 258 g/mol. The molecule has 1 aliphatic rings. The molecule has 2 aromatic rings. The molecule has 4 heteroatoms. The molecular weight excluding hydrogens is 240 g/mol. The molecule has 0 bridgehead atoms. The second-order valence-corrected chi connectivity index (χ2v) is 5.61. The Morgan fingerprint density at radius 2 is 2.26 bits per heavy atom. The maximum atomic E-state index is 12.5. The maximum absolute atomic E-state index is 12.5. The first-order valence-electron chi connectivity index (χ1n) is 6.64. The van der Waals surface area contributed by atoms with Crippen molar-refractivity contribution in [2.75, 3.05) is 13.1 Å². The van der Waals surface area contributed by atoms with Gasteiger partial charge in [-0.3, -0.25) is 4.79 Å². The number of fused-ring (bicyclic) bond motifs is 1. The maximum Gasteiger partial charge on any atom is 0.253 e. The molecule has 1 saturated heterocycles. The quantitative estimate of drug-likeness (QED) is 0.823. The van der Waals surface area contributed by atoms with Gasteiger partial charge in [0.15, 0.2) is 0 Å². The zero-order chi connectivity index (χ0) is 13.5. The number of aromatic nitrogens is 1. The zero-order valence-corrected chi connectivity index (χ0v) is 11.0. The molecule has 0 saturated carbocycles. The van der Waals surface area contributed by atoms with Crippen LogP contribution in [-0.2, 0) is 0 Å². The highest BCUT2D eigenvalue weighted by atomic mass is 16.3. The molecule has 4 nitrogen and oxygen atoms in total. The Morgan fingerprint density at radius 3 is 3.05 bits per heavy atom. The van der Waals surface area contributed by atoms with Gasteiger partial charge in [0.1, 0.15) is 0 Å². The molecule has 0 radical (unpaired) electrons. The van der Waals surface area contributed by atoms with Gasteiger partial charge in [-0.25, -0.2) is 0 Å². The largest absolute Gasteiger partial charge is 0.388 e. The molecule has 1 fully saturated rings. The third kappa shape index (κ3) is 2.36. The van der Waals surface area contributed by atoms with Crippen molar-refractivity contribution in [1.29, 1.82) is 0 Å². The average Bonchev–Trinajstić information content (AvgIpc) is 2.83. The summed E-state index contributed by atoms with van der Waals surface area (Å²) in [5, 5.41) is 11.1. The van der Waals surface area contributed by atoms with Crippen LogP contribution >= 0.6 is 0 Å². The molecule has 0 aliphatic carbocycles. The van der Waals surface area contributed by atoms with Crippen molar-refractivity contribution in [3.63, 3.8) is 0 Å². The van der Waals surface area contributed by atoms with Gasteiger partial charge in [-0.2, -0.15) is 0 Å². The summed E-state index contributed by atoms with van der Waals surface area (Å²) in [5.41, 5.74) is 0.957.